The van der Waals surface area contributed by atoms with Crippen LogP contribution >= 0.6 is 11.3 Å². The molecule has 0 saturated carbocycles. The van der Waals surface area contributed by atoms with Gasteiger partial charge in [-0.25, -0.2) is 13.1 Å². The van der Waals surface area contributed by atoms with E-state index in [0.717, 1.165) is 31.5 Å². The quantitative estimate of drug-likeness (QED) is 0.610. The fourth-order valence-electron chi connectivity index (χ4n) is 3.88. The number of fused-ring (bicyclic) bond motifs is 1. The molecule has 4 rings (SSSR count). The third kappa shape index (κ3) is 4.61. The molecule has 1 atom stereocenters. The first-order valence-electron chi connectivity index (χ1n) is 9.98. The molecule has 1 unspecified atom stereocenters. The Hall–Kier alpha value is -1.99. The SMILES string of the molecule is CCc1ccc(S(=O)(=O)NCC(c2ccsc2)N2CCc3ccccc3C2)cc1. The summed E-state index contributed by atoms with van der Waals surface area (Å²) in [6.45, 7) is 4.18. The topological polar surface area (TPSA) is 49.4 Å². The molecule has 2 heterocycles. The highest BCUT2D eigenvalue weighted by atomic mass is 32.2. The van der Waals surface area contributed by atoms with Crippen LogP contribution in [-0.2, 0) is 29.4 Å². The second-order valence-electron chi connectivity index (χ2n) is 7.41. The highest BCUT2D eigenvalue weighted by Crippen LogP contribution is 2.29. The molecule has 2 aromatic carbocycles. The number of rotatable bonds is 7. The number of thiophene rings is 1. The molecule has 1 aliphatic heterocycles. The Morgan fingerprint density at radius 2 is 1.83 bits per heavy atom. The molecule has 0 saturated heterocycles. The Morgan fingerprint density at radius 1 is 1.07 bits per heavy atom. The van der Waals surface area contributed by atoms with E-state index >= 15 is 0 Å². The summed E-state index contributed by atoms with van der Waals surface area (Å²) in [5, 5.41) is 4.17. The zero-order valence-corrected chi connectivity index (χ0v) is 18.2. The molecule has 4 nitrogen and oxygen atoms in total. The van der Waals surface area contributed by atoms with Crippen LogP contribution in [0.4, 0.5) is 0 Å². The van der Waals surface area contributed by atoms with E-state index < -0.39 is 10.0 Å². The lowest BCUT2D eigenvalue weighted by Gasteiger charge is -2.35. The van der Waals surface area contributed by atoms with Crippen LogP contribution in [-0.4, -0.2) is 26.4 Å². The number of nitrogens with zero attached hydrogens (tertiary/aromatic N) is 1. The fraction of sp³-hybridized carbons (Fsp3) is 0.304. The van der Waals surface area contributed by atoms with Crippen molar-refractivity contribution < 1.29 is 8.42 Å². The van der Waals surface area contributed by atoms with Gasteiger partial charge < -0.3 is 0 Å². The summed E-state index contributed by atoms with van der Waals surface area (Å²) in [6.07, 6.45) is 1.88. The predicted molar refractivity (Wildman–Crippen MR) is 119 cm³/mol. The molecule has 152 valence electrons. The molecule has 0 fully saturated rings. The van der Waals surface area contributed by atoms with E-state index in [-0.39, 0.29) is 6.04 Å². The van der Waals surface area contributed by atoms with E-state index in [0.29, 0.717) is 11.4 Å². The Labute approximate surface area is 177 Å². The van der Waals surface area contributed by atoms with Crippen molar-refractivity contribution in [3.63, 3.8) is 0 Å². The van der Waals surface area contributed by atoms with Crippen LogP contribution in [0.15, 0.2) is 70.3 Å². The summed E-state index contributed by atoms with van der Waals surface area (Å²) in [6, 6.07) is 17.8. The molecule has 0 spiro atoms. The summed E-state index contributed by atoms with van der Waals surface area (Å²) >= 11 is 1.65. The number of nitrogens with one attached hydrogen (secondary N) is 1. The normalized spacial score (nSPS) is 15.8. The summed E-state index contributed by atoms with van der Waals surface area (Å²) in [5.74, 6) is 0. The van der Waals surface area contributed by atoms with Crippen molar-refractivity contribution in [2.45, 2.75) is 37.2 Å². The van der Waals surface area contributed by atoms with E-state index in [2.05, 4.69) is 57.6 Å². The maximum absolute atomic E-state index is 12.9. The number of hydrogen-bond acceptors (Lipinski definition) is 4. The maximum Gasteiger partial charge on any atom is 0.240 e. The first kappa shape index (κ1) is 20.3. The van der Waals surface area contributed by atoms with Gasteiger partial charge in [0.25, 0.3) is 0 Å². The molecule has 1 N–H and O–H groups in total. The molecule has 0 radical (unpaired) electrons. The van der Waals surface area contributed by atoms with Crippen molar-refractivity contribution in [1.29, 1.82) is 0 Å². The fourth-order valence-corrected chi connectivity index (χ4v) is 5.63. The molecule has 3 aromatic rings. The van der Waals surface area contributed by atoms with Crippen molar-refractivity contribution in [2.75, 3.05) is 13.1 Å². The predicted octanol–water partition coefficient (Wildman–Crippen LogP) is 4.39. The number of benzene rings is 2. The van der Waals surface area contributed by atoms with Crippen LogP contribution in [0, 0.1) is 0 Å². The van der Waals surface area contributed by atoms with Crippen LogP contribution in [0.3, 0.4) is 0 Å². The van der Waals surface area contributed by atoms with E-state index in [4.69, 9.17) is 0 Å². The van der Waals surface area contributed by atoms with Crippen LogP contribution in [0.25, 0.3) is 0 Å². The maximum atomic E-state index is 12.9. The third-order valence-corrected chi connectivity index (χ3v) is 7.78. The van der Waals surface area contributed by atoms with E-state index in [1.807, 2.05) is 12.1 Å². The van der Waals surface area contributed by atoms with Gasteiger partial charge in [0.1, 0.15) is 0 Å². The monoisotopic (exact) mass is 426 g/mol. The summed E-state index contributed by atoms with van der Waals surface area (Å²) in [7, 11) is -3.54. The van der Waals surface area contributed by atoms with E-state index in [9.17, 15) is 8.42 Å². The molecule has 0 amide bonds. The van der Waals surface area contributed by atoms with Gasteiger partial charge in [-0.1, -0.05) is 43.3 Å². The Bertz CT molecular complexity index is 1040. The van der Waals surface area contributed by atoms with Crippen molar-refractivity contribution >= 4 is 21.4 Å². The average Bonchev–Trinajstić information content (AvgIpc) is 3.28. The lowest BCUT2D eigenvalue weighted by Crippen LogP contribution is -2.40. The number of sulfonamides is 1. The van der Waals surface area contributed by atoms with Gasteiger partial charge in [0.05, 0.1) is 4.90 Å². The largest absolute Gasteiger partial charge is 0.290 e. The van der Waals surface area contributed by atoms with Gasteiger partial charge in [-0.2, -0.15) is 11.3 Å². The molecular formula is C23H26N2O2S2. The summed E-state index contributed by atoms with van der Waals surface area (Å²) in [5.41, 5.74) is 5.02. The second kappa shape index (κ2) is 8.79. The molecule has 1 aliphatic rings. The van der Waals surface area contributed by atoms with Gasteiger partial charge in [0.2, 0.25) is 10.0 Å². The smallest absolute Gasteiger partial charge is 0.240 e. The minimum atomic E-state index is -3.54. The molecule has 0 aliphatic carbocycles. The third-order valence-electron chi connectivity index (χ3n) is 5.64. The summed E-state index contributed by atoms with van der Waals surface area (Å²) < 4.78 is 28.6. The van der Waals surface area contributed by atoms with Crippen molar-refractivity contribution in [2.24, 2.45) is 0 Å². The molecule has 0 bridgehead atoms. The van der Waals surface area contributed by atoms with Gasteiger partial charge in [0.15, 0.2) is 0 Å². The highest BCUT2D eigenvalue weighted by molar-refractivity contribution is 7.89. The van der Waals surface area contributed by atoms with Crippen LogP contribution < -0.4 is 4.72 Å². The van der Waals surface area contributed by atoms with Crippen LogP contribution in [0.1, 0.15) is 35.2 Å². The number of aryl methyl sites for hydroxylation is 1. The van der Waals surface area contributed by atoms with Crippen molar-refractivity contribution in [3.8, 4) is 0 Å². The zero-order valence-electron chi connectivity index (χ0n) is 16.5. The second-order valence-corrected chi connectivity index (χ2v) is 9.96. The van der Waals surface area contributed by atoms with Crippen LogP contribution in [0.2, 0.25) is 0 Å². The lowest BCUT2D eigenvalue weighted by atomic mass is 9.97. The Morgan fingerprint density at radius 3 is 2.52 bits per heavy atom. The highest BCUT2D eigenvalue weighted by Gasteiger charge is 2.27. The summed E-state index contributed by atoms with van der Waals surface area (Å²) in [4.78, 5) is 2.70. The van der Waals surface area contributed by atoms with Gasteiger partial charge in [-0.3, -0.25) is 4.90 Å². The first-order chi connectivity index (χ1) is 14.1. The average molecular weight is 427 g/mol. The van der Waals surface area contributed by atoms with Gasteiger partial charge in [0, 0.05) is 25.7 Å². The van der Waals surface area contributed by atoms with E-state index in [1.54, 1.807) is 23.5 Å². The standard InChI is InChI=1S/C23H26N2O2S2/c1-2-18-7-9-22(10-8-18)29(26,27)24-15-23(21-12-14-28-17-21)25-13-11-19-5-3-4-6-20(19)16-25/h3-10,12,14,17,23-24H,2,11,13,15-16H2,1H3. The minimum absolute atomic E-state index is 0.0132. The Kier molecular flexibility index (Phi) is 6.15. The minimum Gasteiger partial charge on any atom is -0.290 e. The van der Waals surface area contributed by atoms with Gasteiger partial charge in [-0.05, 0) is 64.1 Å². The van der Waals surface area contributed by atoms with Crippen LogP contribution in [0.5, 0.6) is 0 Å². The molecule has 1 aromatic heterocycles. The van der Waals surface area contributed by atoms with E-state index in [1.165, 1.54) is 16.7 Å². The zero-order chi connectivity index (χ0) is 20.3. The van der Waals surface area contributed by atoms with Gasteiger partial charge in [-0.15, -0.1) is 0 Å². The number of hydrogen-bond donors (Lipinski definition) is 1. The molecular weight excluding hydrogens is 400 g/mol. The molecule has 29 heavy (non-hydrogen) atoms. The lowest BCUT2D eigenvalue weighted by molar-refractivity contribution is 0.181. The van der Waals surface area contributed by atoms with Crippen molar-refractivity contribution in [3.05, 3.63) is 87.6 Å². The molecule has 6 heteroatoms. The van der Waals surface area contributed by atoms with Crippen molar-refractivity contribution in [1.82, 2.24) is 9.62 Å². The first-order valence-corrected chi connectivity index (χ1v) is 12.4. The van der Waals surface area contributed by atoms with Gasteiger partial charge >= 0.3 is 0 Å². The Balaban J connectivity index is 1.52.